The van der Waals surface area contributed by atoms with Crippen LogP contribution in [0.15, 0.2) is 0 Å². The standard InChI is InChI=1S/C15H28S/c1-6-8-12-13(16-7-2)15(12,5)10-11-9-14(11,3)4/h11-13H,6-10H2,1-5H3. The molecule has 2 aliphatic rings. The molecule has 0 spiro atoms. The van der Waals surface area contributed by atoms with Crippen LogP contribution in [0.1, 0.15) is 60.3 Å². The maximum atomic E-state index is 2.56. The van der Waals surface area contributed by atoms with Gasteiger partial charge in [-0.05, 0) is 47.7 Å². The molecule has 4 unspecified atom stereocenters. The fourth-order valence-electron chi connectivity index (χ4n) is 3.62. The molecule has 0 radical (unpaired) electrons. The minimum atomic E-state index is 0.670. The van der Waals surface area contributed by atoms with E-state index in [1.54, 1.807) is 0 Å². The van der Waals surface area contributed by atoms with Crippen molar-refractivity contribution >= 4 is 11.8 Å². The summed E-state index contributed by atoms with van der Waals surface area (Å²) >= 11 is 2.22. The number of thioether (sulfide) groups is 1. The van der Waals surface area contributed by atoms with Crippen LogP contribution < -0.4 is 0 Å². The molecule has 0 nitrogen and oxygen atoms in total. The number of rotatable bonds is 6. The summed E-state index contributed by atoms with van der Waals surface area (Å²) in [6.07, 6.45) is 5.81. The summed E-state index contributed by atoms with van der Waals surface area (Å²) in [5.41, 5.74) is 1.36. The molecule has 0 N–H and O–H groups in total. The van der Waals surface area contributed by atoms with Gasteiger partial charge in [0.1, 0.15) is 0 Å². The monoisotopic (exact) mass is 240 g/mol. The zero-order valence-corrected chi connectivity index (χ0v) is 12.5. The molecule has 0 heterocycles. The fourth-order valence-corrected chi connectivity index (χ4v) is 5.23. The van der Waals surface area contributed by atoms with Crippen molar-refractivity contribution in [1.82, 2.24) is 0 Å². The first-order valence-electron chi connectivity index (χ1n) is 7.07. The van der Waals surface area contributed by atoms with Crippen LogP contribution in [0, 0.1) is 22.7 Å². The van der Waals surface area contributed by atoms with Crippen LogP contribution in [-0.2, 0) is 0 Å². The van der Waals surface area contributed by atoms with Crippen LogP contribution in [-0.4, -0.2) is 11.0 Å². The maximum Gasteiger partial charge on any atom is 0.0138 e. The summed E-state index contributed by atoms with van der Waals surface area (Å²) in [6, 6.07) is 0. The van der Waals surface area contributed by atoms with E-state index in [-0.39, 0.29) is 0 Å². The summed E-state index contributed by atoms with van der Waals surface area (Å²) in [7, 11) is 0. The van der Waals surface area contributed by atoms with Crippen molar-refractivity contribution in [3.8, 4) is 0 Å². The third kappa shape index (κ3) is 2.17. The quantitative estimate of drug-likeness (QED) is 0.631. The van der Waals surface area contributed by atoms with E-state index in [4.69, 9.17) is 0 Å². The Morgan fingerprint density at radius 3 is 2.25 bits per heavy atom. The first kappa shape index (κ1) is 12.8. The summed E-state index contributed by atoms with van der Waals surface area (Å²) in [5, 5.41) is 0.980. The first-order valence-corrected chi connectivity index (χ1v) is 8.12. The molecule has 0 aromatic carbocycles. The van der Waals surface area contributed by atoms with Crippen molar-refractivity contribution in [1.29, 1.82) is 0 Å². The molecule has 2 rings (SSSR count). The Morgan fingerprint density at radius 1 is 1.19 bits per heavy atom. The van der Waals surface area contributed by atoms with Gasteiger partial charge < -0.3 is 0 Å². The molecule has 16 heavy (non-hydrogen) atoms. The largest absolute Gasteiger partial charge is 0.158 e. The third-order valence-electron chi connectivity index (χ3n) is 5.10. The lowest BCUT2D eigenvalue weighted by Crippen LogP contribution is -2.05. The van der Waals surface area contributed by atoms with Gasteiger partial charge in [0.25, 0.3) is 0 Å². The molecule has 0 aromatic heterocycles. The van der Waals surface area contributed by atoms with Crippen LogP contribution in [0.25, 0.3) is 0 Å². The van der Waals surface area contributed by atoms with Crippen molar-refractivity contribution < 1.29 is 0 Å². The molecule has 2 saturated carbocycles. The van der Waals surface area contributed by atoms with E-state index in [1.807, 2.05) is 0 Å². The van der Waals surface area contributed by atoms with Gasteiger partial charge in [0.2, 0.25) is 0 Å². The van der Waals surface area contributed by atoms with Gasteiger partial charge >= 0.3 is 0 Å². The normalized spacial score (nSPS) is 44.4. The Bertz CT molecular complexity index is 244. The zero-order valence-electron chi connectivity index (χ0n) is 11.7. The molecule has 0 bridgehead atoms. The van der Waals surface area contributed by atoms with Gasteiger partial charge in [0, 0.05) is 5.25 Å². The molecule has 0 aliphatic heterocycles. The molecule has 2 fully saturated rings. The van der Waals surface area contributed by atoms with Gasteiger partial charge in [0.05, 0.1) is 0 Å². The average molecular weight is 240 g/mol. The van der Waals surface area contributed by atoms with E-state index in [0.717, 1.165) is 17.1 Å². The smallest absolute Gasteiger partial charge is 0.0138 e. The summed E-state index contributed by atoms with van der Waals surface area (Å²) in [4.78, 5) is 0. The first-order chi connectivity index (χ1) is 7.45. The second-order valence-electron chi connectivity index (χ2n) is 6.87. The van der Waals surface area contributed by atoms with Crippen LogP contribution >= 0.6 is 11.8 Å². The minimum Gasteiger partial charge on any atom is -0.158 e. The van der Waals surface area contributed by atoms with Crippen molar-refractivity contribution in [3.63, 3.8) is 0 Å². The molecular formula is C15H28S. The summed E-state index contributed by atoms with van der Waals surface area (Å²) in [5.74, 6) is 3.35. The van der Waals surface area contributed by atoms with Crippen LogP contribution in [0.2, 0.25) is 0 Å². The van der Waals surface area contributed by atoms with Crippen molar-refractivity contribution in [2.45, 2.75) is 65.6 Å². The average Bonchev–Trinajstić information content (AvgIpc) is 2.95. The maximum absolute atomic E-state index is 2.56. The minimum absolute atomic E-state index is 0.670. The van der Waals surface area contributed by atoms with Crippen LogP contribution in [0.5, 0.6) is 0 Å². The molecule has 94 valence electrons. The van der Waals surface area contributed by atoms with Gasteiger partial charge in [0.15, 0.2) is 0 Å². The zero-order chi connectivity index (χ0) is 12.0. The van der Waals surface area contributed by atoms with Crippen molar-refractivity contribution in [2.75, 3.05) is 5.75 Å². The lowest BCUT2D eigenvalue weighted by atomic mass is 9.93. The third-order valence-corrected chi connectivity index (χ3v) is 6.66. The highest BCUT2D eigenvalue weighted by atomic mass is 32.2. The highest BCUT2D eigenvalue weighted by molar-refractivity contribution is 8.00. The second kappa shape index (κ2) is 4.23. The van der Waals surface area contributed by atoms with E-state index < -0.39 is 0 Å². The Kier molecular flexibility index (Phi) is 3.38. The SMILES string of the molecule is CCCC1C(SCC)C1(C)CC1CC1(C)C. The summed E-state index contributed by atoms with van der Waals surface area (Å²) in [6.45, 7) is 12.1. The van der Waals surface area contributed by atoms with E-state index in [1.165, 1.54) is 31.4 Å². The van der Waals surface area contributed by atoms with Gasteiger partial charge in [-0.1, -0.05) is 41.0 Å². The van der Waals surface area contributed by atoms with E-state index in [9.17, 15) is 0 Å². The van der Waals surface area contributed by atoms with Crippen molar-refractivity contribution in [2.24, 2.45) is 22.7 Å². The van der Waals surface area contributed by atoms with Crippen LogP contribution in [0.3, 0.4) is 0 Å². The predicted molar refractivity (Wildman–Crippen MR) is 74.9 cm³/mol. The Balaban J connectivity index is 1.90. The van der Waals surface area contributed by atoms with Crippen LogP contribution in [0.4, 0.5) is 0 Å². The molecule has 2 aliphatic carbocycles. The molecular weight excluding hydrogens is 212 g/mol. The highest BCUT2D eigenvalue weighted by Crippen LogP contribution is 2.69. The molecule has 0 aromatic rings. The van der Waals surface area contributed by atoms with Gasteiger partial charge in [-0.25, -0.2) is 0 Å². The second-order valence-corrected chi connectivity index (χ2v) is 8.29. The van der Waals surface area contributed by atoms with Gasteiger partial charge in [-0.3, -0.25) is 0 Å². The molecule has 0 amide bonds. The Morgan fingerprint density at radius 2 is 1.81 bits per heavy atom. The van der Waals surface area contributed by atoms with E-state index >= 15 is 0 Å². The van der Waals surface area contributed by atoms with Gasteiger partial charge in [-0.15, -0.1) is 0 Å². The Labute approximate surface area is 106 Å². The van der Waals surface area contributed by atoms with Crippen molar-refractivity contribution in [3.05, 3.63) is 0 Å². The highest BCUT2D eigenvalue weighted by Gasteiger charge is 2.63. The van der Waals surface area contributed by atoms with E-state index in [2.05, 4.69) is 46.4 Å². The van der Waals surface area contributed by atoms with E-state index in [0.29, 0.717) is 10.8 Å². The predicted octanol–water partition coefficient (Wildman–Crippen LogP) is 4.98. The number of hydrogen-bond acceptors (Lipinski definition) is 1. The summed E-state index contributed by atoms with van der Waals surface area (Å²) < 4.78 is 0. The van der Waals surface area contributed by atoms with Gasteiger partial charge in [-0.2, -0.15) is 11.8 Å². The topological polar surface area (TPSA) is 0 Å². The Hall–Kier alpha value is 0.350. The molecule has 1 heteroatoms. The molecule has 0 saturated heterocycles. The lowest BCUT2D eigenvalue weighted by molar-refractivity contribution is 0.384. The lowest BCUT2D eigenvalue weighted by Gasteiger charge is -2.13. The fraction of sp³-hybridized carbons (Fsp3) is 1.00. The number of hydrogen-bond donors (Lipinski definition) is 0. The molecule has 4 atom stereocenters.